The van der Waals surface area contributed by atoms with Gasteiger partial charge in [-0.15, -0.1) is 0 Å². The normalized spacial score (nSPS) is 22.7. The van der Waals surface area contributed by atoms with Gasteiger partial charge in [0.15, 0.2) is 0 Å². The number of piperazine rings is 1. The molecule has 0 aromatic carbocycles. The van der Waals surface area contributed by atoms with Crippen molar-refractivity contribution in [3.05, 3.63) is 0 Å². The van der Waals surface area contributed by atoms with E-state index < -0.39 is 23.8 Å². The lowest BCUT2D eigenvalue weighted by Crippen LogP contribution is -2.61. The van der Waals surface area contributed by atoms with Crippen LogP contribution in [0.1, 0.15) is 66.7 Å². The maximum absolute atomic E-state index is 13.4. The van der Waals surface area contributed by atoms with Gasteiger partial charge in [-0.05, 0) is 53.4 Å². The Morgan fingerprint density at radius 1 is 1.17 bits per heavy atom. The lowest BCUT2D eigenvalue weighted by atomic mass is 9.83. The topological polar surface area (TPSA) is 91.0 Å². The molecule has 172 valence electrons. The molecular formula is C22H40N4O4. The summed E-state index contributed by atoms with van der Waals surface area (Å²) in [5.41, 5.74) is -0.638. The van der Waals surface area contributed by atoms with Crippen molar-refractivity contribution in [1.29, 1.82) is 0 Å². The predicted octanol–water partition coefficient (Wildman–Crippen LogP) is 2.13. The van der Waals surface area contributed by atoms with Gasteiger partial charge in [-0.3, -0.25) is 14.5 Å². The summed E-state index contributed by atoms with van der Waals surface area (Å²) in [5.74, 6) is -0.192. The Hall–Kier alpha value is -1.83. The number of rotatable bonds is 5. The number of likely N-dealkylation sites (N-methyl/N-ethyl adjacent to an activating group) is 1. The van der Waals surface area contributed by atoms with E-state index in [-0.39, 0.29) is 23.8 Å². The average Bonchev–Trinajstić information content (AvgIpc) is 2.70. The van der Waals surface area contributed by atoms with Crippen LogP contribution in [0, 0.1) is 5.92 Å². The predicted molar refractivity (Wildman–Crippen MR) is 116 cm³/mol. The highest BCUT2D eigenvalue weighted by Gasteiger charge is 2.37. The molecular weight excluding hydrogens is 384 g/mol. The van der Waals surface area contributed by atoms with Crippen molar-refractivity contribution in [1.82, 2.24) is 20.4 Å². The Bertz CT molecular complexity index is 613. The summed E-state index contributed by atoms with van der Waals surface area (Å²) in [7, 11) is 1.55. The van der Waals surface area contributed by atoms with E-state index in [0.717, 1.165) is 38.8 Å². The van der Waals surface area contributed by atoms with Gasteiger partial charge in [-0.1, -0.05) is 19.3 Å². The molecule has 3 atom stereocenters. The van der Waals surface area contributed by atoms with Crippen molar-refractivity contribution in [2.75, 3.05) is 26.7 Å². The lowest BCUT2D eigenvalue weighted by Gasteiger charge is -2.39. The molecule has 0 radical (unpaired) electrons. The first-order valence-electron chi connectivity index (χ1n) is 11.3. The van der Waals surface area contributed by atoms with Gasteiger partial charge >= 0.3 is 6.09 Å². The van der Waals surface area contributed by atoms with Crippen molar-refractivity contribution < 1.29 is 19.1 Å². The second-order valence-corrected chi connectivity index (χ2v) is 9.74. The highest BCUT2D eigenvalue weighted by molar-refractivity contribution is 5.91. The van der Waals surface area contributed by atoms with Crippen LogP contribution in [0.2, 0.25) is 0 Å². The molecule has 2 rings (SSSR count). The standard InChI is InChI=1S/C22H40N4O4/c1-15-14-23-12-13-26(15)20(28)18(17-10-8-7-9-11-17)24-19(27)16(2)25(6)21(29)30-22(3,4)5/h15-18,23H,7-14H2,1-6H3,(H,24,27)/t15-,16?,18?/m1/s1. The fourth-order valence-corrected chi connectivity index (χ4v) is 4.14. The van der Waals surface area contributed by atoms with E-state index in [2.05, 4.69) is 10.6 Å². The molecule has 0 spiro atoms. The first-order valence-corrected chi connectivity index (χ1v) is 11.3. The Morgan fingerprint density at radius 3 is 2.37 bits per heavy atom. The Kier molecular flexibility index (Phi) is 8.52. The van der Waals surface area contributed by atoms with E-state index >= 15 is 0 Å². The van der Waals surface area contributed by atoms with Gasteiger partial charge in [0.25, 0.3) is 0 Å². The molecule has 2 N–H and O–H groups in total. The SMILES string of the molecule is CC(C(=O)NC(C(=O)N1CCNC[C@H]1C)C1CCCCC1)N(C)C(=O)OC(C)(C)C. The fraction of sp³-hybridized carbons (Fsp3) is 0.864. The van der Waals surface area contributed by atoms with E-state index in [0.29, 0.717) is 6.54 Å². The van der Waals surface area contributed by atoms with Crippen LogP contribution in [0.5, 0.6) is 0 Å². The van der Waals surface area contributed by atoms with E-state index in [9.17, 15) is 14.4 Å². The van der Waals surface area contributed by atoms with E-state index in [1.807, 2.05) is 11.8 Å². The number of ether oxygens (including phenoxy) is 1. The third kappa shape index (κ3) is 6.59. The van der Waals surface area contributed by atoms with Crippen LogP contribution >= 0.6 is 0 Å². The van der Waals surface area contributed by atoms with Crippen LogP contribution in [0.3, 0.4) is 0 Å². The molecule has 2 unspecified atom stereocenters. The van der Waals surface area contributed by atoms with Gasteiger partial charge < -0.3 is 20.3 Å². The minimum atomic E-state index is -0.737. The zero-order chi connectivity index (χ0) is 22.5. The molecule has 1 heterocycles. The van der Waals surface area contributed by atoms with Crippen molar-refractivity contribution in [2.24, 2.45) is 5.92 Å². The third-order valence-electron chi connectivity index (χ3n) is 6.11. The van der Waals surface area contributed by atoms with Gasteiger partial charge in [0.2, 0.25) is 11.8 Å². The third-order valence-corrected chi connectivity index (χ3v) is 6.11. The van der Waals surface area contributed by atoms with Crippen molar-refractivity contribution in [2.45, 2.75) is 90.4 Å². The average molecular weight is 425 g/mol. The van der Waals surface area contributed by atoms with E-state index in [1.165, 1.54) is 11.3 Å². The molecule has 3 amide bonds. The van der Waals surface area contributed by atoms with Gasteiger partial charge in [-0.2, -0.15) is 0 Å². The summed E-state index contributed by atoms with van der Waals surface area (Å²) in [6.07, 6.45) is 4.65. The second kappa shape index (κ2) is 10.5. The molecule has 1 aliphatic heterocycles. The Labute approximate surface area is 181 Å². The van der Waals surface area contributed by atoms with Crippen molar-refractivity contribution in [3.8, 4) is 0 Å². The number of nitrogens with zero attached hydrogens (tertiary/aromatic N) is 2. The fourth-order valence-electron chi connectivity index (χ4n) is 4.14. The highest BCUT2D eigenvalue weighted by Crippen LogP contribution is 2.28. The molecule has 1 saturated heterocycles. The largest absolute Gasteiger partial charge is 0.444 e. The van der Waals surface area contributed by atoms with E-state index in [1.54, 1.807) is 34.7 Å². The summed E-state index contributed by atoms with van der Waals surface area (Å²) in [4.78, 5) is 42.0. The monoisotopic (exact) mass is 424 g/mol. The maximum Gasteiger partial charge on any atom is 0.410 e. The van der Waals surface area contributed by atoms with Crippen LogP contribution in [-0.4, -0.2) is 78.1 Å². The van der Waals surface area contributed by atoms with Crippen LogP contribution in [0.4, 0.5) is 4.79 Å². The molecule has 2 aliphatic rings. The van der Waals surface area contributed by atoms with Gasteiger partial charge in [0, 0.05) is 32.7 Å². The van der Waals surface area contributed by atoms with Gasteiger partial charge in [0.1, 0.15) is 17.7 Å². The first-order chi connectivity index (χ1) is 14.0. The Balaban J connectivity index is 2.11. The number of hydrogen-bond acceptors (Lipinski definition) is 5. The molecule has 0 aromatic rings. The first kappa shape index (κ1) is 24.4. The number of carbonyl (C=O) groups excluding carboxylic acids is 3. The number of nitrogens with one attached hydrogen (secondary N) is 2. The minimum Gasteiger partial charge on any atom is -0.444 e. The number of amides is 3. The Morgan fingerprint density at radius 2 is 1.80 bits per heavy atom. The maximum atomic E-state index is 13.4. The smallest absolute Gasteiger partial charge is 0.410 e. The summed E-state index contributed by atoms with van der Waals surface area (Å²) in [5, 5.41) is 6.31. The highest BCUT2D eigenvalue weighted by atomic mass is 16.6. The summed E-state index contributed by atoms with van der Waals surface area (Å²) in [6, 6.07) is -1.19. The van der Waals surface area contributed by atoms with Gasteiger partial charge in [-0.25, -0.2) is 4.79 Å². The minimum absolute atomic E-state index is 0.00336. The van der Waals surface area contributed by atoms with E-state index in [4.69, 9.17) is 4.74 Å². The van der Waals surface area contributed by atoms with Crippen LogP contribution < -0.4 is 10.6 Å². The number of carbonyl (C=O) groups is 3. The van der Waals surface area contributed by atoms with Crippen LogP contribution in [0.25, 0.3) is 0 Å². The van der Waals surface area contributed by atoms with Crippen LogP contribution in [0.15, 0.2) is 0 Å². The molecule has 8 heteroatoms. The zero-order valence-electron chi connectivity index (χ0n) is 19.5. The zero-order valence-corrected chi connectivity index (χ0v) is 19.5. The summed E-state index contributed by atoms with van der Waals surface area (Å²) < 4.78 is 5.37. The van der Waals surface area contributed by atoms with Crippen molar-refractivity contribution >= 4 is 17.9 Å². The molecule has 30 heavy (non-hydrogen) atoms. The molecule has 0 aromatic heterocycles. The molecule has 1 saturated carbocycles. The molecule has 0 bridgehead atoms. The molecule has 8 nitrogen and oxygen atoms in total. The molecule has 1 aliphatic carbocycles. The lowest BCUT2D eigenvalue weighted by molar-refractivity contribution is -0.141. The van der Waals surface area contributed by atoms with Crippen LogP contribution in [-0.2, 0) is 14.3 Å². The summed E-state index contributed by atoms with van der Waals surface area (Å²) in [6.45, 7) is 11.2. The molecule has 2 fully saturated rings. The second-order valence-electron chi connectivity index (χ2n) is 9.74. The van der Waals surface area contributed by atoms with Gasteiger partial charge in [0.05, 0.1) is 0 Å². The quantitative estimate of drug-likeness (QED) is 0.706. The van der Waals surface area contributed by atoms with Crippen molar-refractivity contribution in [3.63, 3.8) is 0 Å². The number of hydrogen-bond donors (Lipinski definition) is 2. The summed E-state index contributed by atoms with van der Waals surface area (Å²) >= 11 is 0.